The van der Waals surface area contributed by atoms with E-state index in [9.17, 15) is 14.4 Å². The van der Waals surface area contributed by atoms with E-state index in [1.165, 1.54) is 25.3 Å². The van der Waals surface area contributed by atoms with Gasteiger partial charge >= 0.3 is 5.97 Å². The maximum Gasteiger partial charge on any atom is 0.337 e. The zero-order valence-corrected chi connectivity index (χ0v) is 17.3. The molecule has 0 saturated carbocycles. The maximum absolute atomic E-state index is 12.3. The lowest BCUT2D eigenvalue weighted by atomic mass is 10.1. The van der Waals surface area contributed by atoms with E-state index in [0.717, 1.165) is 30.6 Å². The molecule has 0 saturated heterocycles. The Kier molecular flexibility index (Phi) is 7.10. The normalized spacial score (nSPS) is 10.4. The van der Waals surface area contributed by atoms with Crippen molar-refractivity contribution >= 4 is 17.8 Å². The van der Waals surface area contributed by atoms with Gasteiger partial charge < -0.3 is 4.74 Å². The summed E-state index contributed by atoms with van der Waals surface area (Å²) in [6.45, 7) is 2.12. The van der Waals surface area contributed by atoms with Crippen LogP contribution in [0, 0.1) is 0 Å². The van der Waals surface area contributed by atoms with Gasteiger partial charge in [0.25, 0.3) is 11.8 Å². The third-order valence-corrected chi connectivity index (χ3v) is 4.56. The molecule has 2 aromatic carbocycles. The van der Waals surface area contributed by atoms with Gasteiger partial charge in [-0.3, -0.25) is 20.4 Å². The van der Waals surface area contributed by atoms with Crippen molar-refractivity contribution in [2.24, 2.45) is 0 Å². The number of nitrogens with zero attached hydrogens (tertiary/aromatic N) is 3. The Bertz CT molecular complexity index is 1080. The number of amides is 2. The second-order valence-corrected chi connectivity index (χ2v) is 6.79. The van der Waals surface area contributed by atoms with Crippen LogP contribution >= 0.6 is 0 Å². The summed E-state index contributed by atoms with van der Waals surface area (Å²) >= 11 is 0. The Labute approximate surface area is 179 Å². The van der Waals surface area contributed by atoms with E-state index in [2.05, 4.69) is 32.8 Å². The molecule has 0 aliphatic carbocycles. The second kappa shape index (κ2) is 10.1. The average Bonchev–Trinajstić information content (AvgIpc) is 3.29. The highest BCUT2D eigenvalue weighted by molar-refractivity contribution is 6.00. The van der Waals surface area contributed by atoms with Crippen molar-refractivity contribution in [1.82, 2.24) is 25.8 Å². The molecule has 160 valence electrons. The van der Waals surface area contributed by atoms with Gasteiger partial charge in [0.05, 0.1) is 30.3 Å². The van der Waals surface area contributed by atoms with Crippen molar-refractivity contribution in [2.45, 2.75) is 26.2 Å². The van der Waals surface area contributed by atoms with E-state index in [0.29, 0.717) is 5.56 Å². The summed E-state index contributed by atoms with van der Waals surface area (Å²) in [6.07, 6.45) is 4.88. The lowest BCUT2D eigenvalue weighted by molar-refractivity contribution is 0.0600. The Morgan fingerprint density at radius 1 is 0.968 bits per heavy atom. The summed E-state index contributed by atoms with van der Waals surface area (Å²) in [4.78, 5) is 36.2. The van der Waals surface area contributed by atoms with Crippen LogP contribution in [0.5, 0.6) is 0 Å². The smallest absolute Gasteiger partial charge is 0.337 e. The lowest BCUT2D eigenvalue weighted by Gasteiger charge is -2.09. The largest absolute Gasteiger partial charge is 0.465 e. The van der Waals surface area contributed by atoms with Gasteiger partial charge in [-0.15, -0.1) is 5.10 Å². The molecular weight excluding hydrogens is 398 g/mol. The number of nitrogens with one attached hydrogen (secondary N) is 2. The topological polar surface area (TPSA) is 115 Å². The fraction of sp³-hybridized carbons (Fsp3) is 0.227. The van der Waals surface area contributed by atoms with Crippen molar-refractivity contribution in [2.75, 3.05) is 7.11 Å². The lowest BCUT2D eigenvalue weighted by Crippen LogP contribution is -2.41. The quantitative estimate of drug-likeness (QED) is 0.447. The molecule has 0 spiro atoms. The van der Waals surface area contributed by atoms with Crippen molar-refractivity contribution in [3.63, 3.8) is 0 Å². The second-order valence-electron chi connectivity index (χ2n) is 6.79. The molecular formula is C22H23N5O4. The number of aryl methyl sites for hydroxylation is 1. The number of unbranched alkanes of at least 4 members (excludes halogenated alkanes) is 1. The number of rotatable bonds is 7. The molecule has 1 heterocycles. The SMILES string of the molecule is CCCCc1cn(-c2ccc(C(=O)NNC(=O)c3cccc(C(=O)OC)c3)cc2)nn1. The first-order valence-corrected chi connectivity index (χ1v) is 9.82. The number of ether oxygens (including phenoxy) is 1. The summed E-state index contributed by atoms with van der Waals surface area (Å²) < 4.78 is 6.29. The number of hydrogen-bond donors (Lipinski definition) is 2. The minimum absolute atomic E-state index is 0.212. The monoisotopic (exact) mass is 421 g/mol. The van der Waals surface area contributed by atoms with Gasteiger partial charge in [-0.05, 0) is 55.3 Å². The fourth-order valence-corrected chi connectivity index (χ4v) is 2.83. The zero-order chi connectivity index (χ0) is 22.2. The number of aromatic nitrogens is 3. The fourth-order valence-electron chi connectivity index (χ4n) is 2.83. The minimum Gasteiger partial charge on any atom is -0.465 e. The number of hydrogen-bond acceptors (Lipinski definition) is 6. The predicted octanol–water partition coefficient (Wildman–Crippen LogP) is 2.47. The van der Waals surface area contributed by atoms with Crippen LogP contribution in [0.1, 0.15) is 56.5 Å². The molecule has 0 radical (unpaired) electrons. The van der Waals surface area contributed by atoms with Crippen LogP contribution in [0.25, 0.3) is 5.69 Å². The number of carbonyl (C=O) groups is 3. The molecule has 0 bridgehead atoms. The molecule has 2 amide bonds. The minimum atomic E-state index is -0.557. The third kappa shape index (κ3) is 5.53. The number of carbonyl (C=O) groups excluding carboxylic acids is 3. The molecule has 2 N–H and O–H groups in total. The Morgan fingerprint density at radius 2 is 1.65 bits per heavy atom. The highest BCUT2D eigenvalue weighted by Crippen LogP contribution is 2.11. The summed E-state index contributed by atoms with van der Waals surface area (Å²) in [5.74, 6) is -1.59. The predicted molar refractivity (Wildman–Crippen MR) is 113 cm³/mol. The summed E-state index contributed by atoms with van der Waals surface area (Å²) in [5.41, 5.74) is 7.19. The summed E-state index contributed by atoms with van der Waals surface area (Å²) in [5, 5.41) is 8.25. The molecule has 9 heteroatoms. The molecule has 0 aliphatic heterocycles. The Hall–Kier alpha value is -4.01. The van der Waals surface area contributed by atoms with Crippen LogP contribution in [0.2, 0.25) is 0 Å². The van der Waals surface area contributed by atoms with Gasteiger partial charge in [0.2, 0.25) is 0 Å². The van der Waals surface area contributed by atoms with Crippen LogP contribution in [-0.4, -0.2) is 39.9 Å². The Morgan fingerprint density at radius 3 is 2.32 bits per heavy atom. The molecule has 1 aromatic heterocycles. The molecule has 3 rings (SSSR count). The summed E-state index contributed by atoms with van der Waals surface area (Å²) in [6, 6.07) is 12.7. The number of hydrazine groups is 1. The molecule has 0 aliphatic rings. The van der Waals surface area contributed by atoms with E-state index in [4.69, 9.17) is 0 Å². The van der Waals surface area contributed by atoms with E-state index in [-0.39, 0.29) is 11.1 Å². The van der Waals surface area contributed by atoms with Gasteiger partial charge in [0, 0.05) is 11.1 Å². The van der Waals surface area contributed by atoms with E-state index in [1.807, 2.05) is 6.20 Å². The maximum atomic E-state index is 12.3. The third-order valence-electron chi connectivity index (χ3n) is 4.56. The highest BCUT2D eigenvalue weighted by atomic mass is 16.5. The molecule has 31 heavy (non-hydrogen) atoms. The molecule has 0 atom stereocenters. The van der Waals surface area contributed by atoms with Gasteiger partial charge in [-0.2, -0.15) is 0 Å². The molecule has 3 aromatic rings. The first kappa shape index (κ1) is 21.7. The molecule has 9 nitrogen and oxygen atoms in total. The van der Waals surface area contributed by atoms with Gasteiger partial charge in [0.1, 0.15) is 0 Å². The molecule has 0 fully saturated rings. The molecule has 0 unspecified atom stereocenters. The number of benzene rings is 2. The first-order chi connectivity index (χ1) is 15.0. The van der Waals surface area contributed by atoms with Crippen molar-refractivity contribution in [1.29, 1.82) is 0 Å². The van der Waals surface area contributed by atoms with Crippen molar-refractivity contribution < 1.29 is 19.1 Å². The van der Waals surface area contributed by atoms with Gasteiger partial charge in [-0.1, -0.05) is 24.6 Å². The van der Waals surface area contributed by atoms with Crippen molar-refractivity contribution in [3.05, 3.63) is 77.1 Å². The van der Waals surface area contributed by atoms with Gasteiger partial charge in [-0.25, -0.2) is 9.48 Å². The van der Waals surface area contributed by atoms with E-state index >= 15 is 0 Å². The standard InChI is InChI=1S/C22H23N5O4/c1-3-4-8-18-14-27(26-23-18)19-11-9-15(10-12-19)20(28)24-25-21(29)16-6-5-7-17(13-16)22(30)31-2/h5-7,9-14H,3-4,8H2,1-2H3,(H,24,28)(H,25,29). The van der Waals surface area contributed by atoms with Crippen molar-refractivity contribution in [3.8, 4) is 5.69 Å². The van der Waals surface area contributed by atoms with Crippen LogP contribution < -0.4 is 10.9 Å². The number of methoxy groups -OCH3 is 1. The summed E-state index contributed by atoms with van der Waals surface area (Å²) in [7, 11) is 1.26. The van der Waals surface area contributed by atoms with Crippen LogP contribution in [0.4, 0.5) is 0 Å². The van der Waals surface area contributed by atoms with E-state index < -0.39 is 17.8 Å². The van der Waals surface area contributed by atoms with Crippen LogP contribution in [-0.2, 0) is 11.2 Å². The van der Waals surface area contributed by atoms with Crippen LogP contribution in [0.3, 0.4) is 0 Å². The van der Waals surface area contributed by atoms with Gasteiger partial charge in [0.15, 0.2) is 0 Å². The zero-order valence-electron chi connectivity index (χ0n) is 17.3. The average molecular weight is 421 g/mol. The number of esters is 1. The van der Waals surface area contributed by atoms with E-state index in [1.54, 1.807) is 35.0 Å². The first-order valence-electron chi connectivity index (χ1n) is 9.82. The highest BCUT2D eigenvalue weighted by Gasteiger charge is 2.12. The Balaban J connectivity index is 1.59. The van der Waals surface area contributed by atoms with Crippen LogP contribution in [0.15, 0.2) is 54.7 Å².